The van der Waals surface area contributed by atoms with Gasteiger partial charge in [0, 0.05) is 11.5 Å². The Kier molecular flexibility index (Phi) is 5.33. The zero-order chi connectivity index (χ0) is 15.3. The van der Waals surface area contributed by atoms with Gasteiger partial charge in [-0.3, -0.25) is 9.84 Å². The van der Waals surface area contributed by atoms with Crippen molar-refractivity contribution in [3.8, 4) is 0 Å². The number of carbonyl (C=O) groups is 1. The van der Waals surface area contributed by atoms with E-state index in [1.54, 1.807) is 11.0 Å². The number of rotatable bonds is 5. The molecular weight excluding hydrogens is 292 g/mol. The Morgan fingerprint density at radius 1 is 1.67 bits per heavy atom. The van der Waals surface area contributed by atoms with E-state index in [0.29, 0.717) is 6.61 Å². The van der Waals surface area contributed by atoms with Gasteiger partial charge < -0.3 is 4.74 Å². The molecule has 0 spiro atoms. The van der Waals surface area contributed by atoms with E-state index in [2.05, 4.69) is 29.4 Å². The number of nitrogens with zero attached hydrogens (tertiary/aromatic N) is 3. The lowest BCUT2D eigenvalue weighted by molar-refractivity contribution is -0.764. The van der Waals surface area contributed by atoms with Crippen molar-refractivity contribution in [3.05, 3.63) is 6.20 Å². The highest BCUT2D eigenvalue weighted by atomic mass is 32.2. The number of ether oxygens (including phenoxy) is 1. The Morgan fingerprint density at radius 3 is 3.19 bits per heavy atom. The molecule has 118 valence electrons. The molecule has 7 nitrogen and oxygen atoms in total. The SMILES string of the molecule is CCCCOC(=O)Nc1c[n+](N2CCSCC2(C)C)no1. The monoisotopic (exact) mass is 315 g/mol. The summed E-state index contributed by atoms with van der Waals surface area (Å²) in [5.74, 6) is 2.35. The quantitative estimate of drug-likeness (QED) is 0.659. The topological polar surface area (TPSA) is 71.5 Å². The standard InChI is InChI=1S/C13H22N4O3S/c1-4-5-7-19-12(18)14-11-9-17(15-20-11)16-6-8-21-10-13(16,2)3/h9H,4-8,10H2,1-3H3/p+1. The lowest BCUT2D eigenvalue weighted by Crippen LogP contribution is -2.70. The third kappa shape index (κ3) is 4.26. The molecule has 0 bridgehead atoms. The van der Waals surface area contributed by atoms with E-state index in [1.807, 2.05) is 18.7 Å². The molecule has 1 aromatic heterocycles. The lowest BCUT2D eigenvalue weighted by Gasteiger charge is -2.34. The lowest BCUT2D eigenvalue weighted by atomic mass is 10.1. The van der Waals surface area contributed by atoms with Crippen LogP contribution in [-0.2, 0) is 4.74 Å². The van der Waals surface area contributed by atoms with Gasteiger partial charge in [0.1, 0.15) is 5.54 Å². The van der Waals surface area contributed by atoms with Gasteiger partial charge >= 0.3 is 12.0 Å². The highest BCUT2D eigenvalue weighted by Crippen LogP contribution is 2.22. The van der Waals surface area contributed by atoms with Crippen molar-refractivity contribution in [2.75, 3.05) is 35.0 Å². The summed E-state index contributed by atoms with van der Waals surface area (Å²) < 4.78 is 10.2. The second kappa shape index (κ2) is 7.02. The minimum atomic E-state index is -0.514. The summed E-state index contributed by atoms with van der Waals surface area (Å²) in [6, 6.07) is 0. The number of nitrogens with one attached hydrogen (secondary N) is 1. The molecule has 1 saturated heterocycles. The van der Waals surface area contributed by atoms with Crippen molar-refractivity contribution >= 4 is 23.7 Å². The third-order valence-corrected chi connectivity index (χ3v) is 4.64. The van der Waals surface area contributed by atoms with Crippen LogP contribution in [0.3, 0.4) is 0 Å². The van der Waals surface area contributed by atoms with Gasteiger partial charge in [0.2, 0.25) is 5.27 Å². The van der Waals surface area contributed by atoms with Gasteiger partial charge in [-0.1, -0.05) is 13.3 Å². The average molecular weight is 315 g/mol. The molecule has 8 heteroatoms. The molecule has 1 aliphatic rings. The number of unbranched alkanes of at least 4 members (excludes halogenated alkanes) is 1. The molecule has 1 aliphatic heterocycles. The molecule has 1 N–H and O–H groups in total. The number of hydrogen-bond donors (Lipinski definition) is 1. The molecule has 1 aromatic rings. The number of thioether (sulfide) groups is 1. The number of aromatic nitrogens is 2. The Balaban J connectivity index is 1.93. The molecule has 0 unspecified atom stereocenters. The van der Waals surface area contributed by atoms with Crippen LogP contribution in [-0.4, -0.2) is 41.6 Å². The van der Waals surface area contributed by atoms with E-state index in [9.17, 15) is 4.79 Å². The first-order valence-electron chi connectivity index (χ1n) is 7.21. The van der Waals surface area contributed by atoms with Crippen molar-refractivity contribution in [2.45, 2.75) is 39.2 Å². The second-order valence-electron chi connectivity index (χ2n) is 5.59. The maximum atomic E-state index is 11.6. The van der Waals surface area contributed by atoms with Crippen LogP contribution >= 0.6 is 11.8 Å². The predicted octanol–water partition coefficient (Wildman–Crippen LogP) is 1.77. The zero-order valence-corrected chi connectivity index (χ0v) is 13.6. The molecule has 0 aliphatic carbocycles. The molecule has 21 heavy (non-hydrogen) atoms. The van der Waals surface area contributed by atoms with E-state index in [0.717, 1.165) is 30.9 Å². The van der Waals surface area contributed by atoms with Gasteiger partial charge in [0.25, 0.3) is 6.20 Å². The van der Waals surface area contributed by atoms with E-state index in [-0.39, 0.29) is 11.4 Å². The van der Waals surface area contributed by atoms with Crippen LogP contribution in [0, 0.1) is 0 Å². The Bertz CT molecular complexity index is 478. The summed E-state index contributed by atoms with van der Waals surface area (Å²) in [6.45, 7) is 7.65. The fourth-order valence-corrected chi connectivity index (χ4v) is 3.18. The fourth-order valence-electron chi connectivity index (χ4n) is 2.08. The smallest absolute Gasteiger partial charge is 0.414 e. The highest BCUT2D eigenvalue weighted by Gasteiger charge is 2.38. The van der Waals surface area contributed by atoms with Crippen LogP contribution in [0.4, 0.5) is 10.7 Å². The minimum Gasteiger partial charge on any atom is -0.449 e. The van der Waals surface area contributed by atoms with E-state index < -0.39 is 6.09 Å². The average Bonchev–Trinajstić information content (AvgIpc) is 2.86. The second-order valence-corrected chi connectivity index (χ2v) is 6.69. The minimum absolute atomic E-state index is 0.0106. The molecule has 0 saturated carbocycles. The number of hydrogen-bond acceptors (Lipinski definition) is 6. The fraction of sp³-hybridized carbons (Fsp3) is 0.769. The first kappa shape index (κ1) is 15.9. The van der Waals surface area contributed by atoms with Gasteiger partial charge in [-0.25, -0.2) is 4.79 Å². The maximum absolute atomic E-state index is 11.6. The molecule has 0 atom stereocenters. The largest absolute Gasteiger partial charge is 0.449 e. The summed E-state index contributed by atoms with van der Waals surface area (Å²) in [5.41, 5.74) is -0.0106. The summed E-state index contributed by atoms with van der Waals surface area (Å²) in [5, 5.41) is 8.64. The summed E-state index contributed by atoms with van der Waals surface area (Å²) >= 11 is 1.93. The Morgan fingerprint density at radius 2 is 2.48 bits per heavy atom. The van der Waals surface area contributed by atoms with Crippen LogP contribution in [0.25, 0.3) is 0 Å². The molecule has 0 aromatic carbocycles. The number of anilines is 1. The Hall–Kier alpha value is -1.44. The molecule has 1 amide bonds. The third-order valence-electron chi connectivity index (χ3n) is 3.26. The normalized spacial score (nSPS) is 17.6. The van der Waals surface area contributed by atoms with Crippen molar-refractivity contribution in [2.24, 2.45) is 0 Å². The van der Waals surface area contributed by atoms with Crippen LogP contribution in [0.2, 0.25) is 0 Å². The van der Waals surface area contributed by atoms with E-state index in [1.165, 1.54) is 0 Å². The maximum Gasteiger partial charge on any atom is 0.414 e. The molecular formula is C13H23N4O3S+. The van der Waals surface area contributed by atoms with Gasteiger partial charge in [-0.05, 0) is 20.3 Å². The number of amides is 1. The van der Waals surface area contributed by atoms with Gasteiger partial charge in [0.15, 0.2) is 0 Å². The van der Waals surface area contributed by atoms with Crippen molar-refractivity contribution in [3.63, 3.8) is 0 Å². The summed E-state index contributed by atoms with van der Waals surface area (Å²) in [6.07, 6.45) is 2.99. The molecule has 2 heterocycles. The van der Waals surface area contributed by atoms with E-state index >= 15 is 0 Å². The van der Waals surface area contributed by atoms with Crippen LogP contribution < -0.4 is 15.1 Å². The Labute approximate surface area is 128 Å². The highest BCUT2D eigenvalue weighted by molar-refractivity contribution is 7.99. The van der Waals surface area contributed by atoms with E-state index in [4.69, 9.17) is 9.26 Å². The first-order chi connectivity index (χ1) is 10.0. The van der Waals surface area contributed by atoms with Crippen LogP contribution in [0.5, 0.6) is 0 Å². The molecule has 2 rings (SSSR count). The summed E-state index contributed by atoms with van der Waals surface area (Å²) in [4.78, 5) is 13.2. The molecule has 0 radical (unpaired) electrons. The summed E-state index contributed by atoms with van der Waals surface area (Å²) in [7, 11) is 0. The number of carbonyl (C=O) groups excluding carboxylic acids is 1. The van der Waals surface area contributed by atoms with Crippen molar-refractivity contribution < 1.29 is 18.8 Å². The van der Waals surface area contributed by atoms with Crippen LogP contribution in [0.1, 0.15) is 33.6 Å². The zero-order valence-electron chi connectivity index (χ0n) is 12.8. The van der Waals surface area contributed by atoms with Gasteiger partial charge in [-0.15, -0.1) is 5.01 Å². The van der Waals surface area contributed by atoms with Gasteiger partial charge in [-0.2, -0.15) is 11.8 Å². The first-order valence-corrected chi connectivity index (χ1v) is 8.36. The molecule has 1 fully saturated rings. The predicted molar refractivity (Wildman–Crippen MR) is 81.1 cm³/mol. The van der Waals surface area contributed by atoms with Crippen LogP contribution in [0.15, 0.2) is 10.7 Å². The van der Waals surface area contributed by atoms with Crippen molar-refractivity contribution in [1.29, 1.82) is 0 Å². The van der Waals surface area contributed by atoms with Gasteiger partial charge in [0.05, 0.1) is 17.9 Å². The van der Waals surface area contributed by atoms with Crippen molar-refractivity contribution in [1.82, 2.24) is 5.27 Å².